The Morgan fingerprint density at radius 3 is 1.47 bits per heavy atom. The van der Waals surface area contributed by atoms with Crippen molar-refractivity contribution in [1.82, 2.24) is 0 Å². The number of nitrogens with two attached hydrogens (primary N) is 1. The summed E-state index contributed by atoms with van der Waals surface area (Å²) in [7, 11) is 0. The van der Waals surface area contributed by atoms with Gasteiger partial charge in [0.15, 0.2) is 0 Å². The van der Waals surface area contributed by atoms with E-state index >= 15 is 0 Å². The van der Waals surface area contributed by atoms with Crippen LogP contribution in [0.1, 0.15) is 21.5 Å². The lowest BCUT2D eigenvalue weighted by molar-refractivity contribution is -0.138. The van der Waals surface area contributed by atoms with Gasteiger partial charge < -0.3 is 10.8 Å². The van der Waals surface area contributed by atoms with Crippen molar-refractivity contribution in [3.8, 4) is 22.3 Å². The van der Waals surface area contributed by atoms with Crippen molar-refractivity contribution in [3.63, 3.8) is 0 Å². The van der Waals surface area contributed by atoms with Gasteiger partial charge in [0.1, 0.15) is 0 Å². The zero-order valence-corrected chi connectivity index (χ0v) is 15.0. The first-order valence-electron chi connectivity index (χ1n) is 8.40. The van der Waals surface area contributed by atoms with Crippen molar-refractivity contribution in [1.29, 1.82) is 0 Å². The maximum atomic E-state index is 13.1. The summed E-state index contributed by atoms with van der Waals surface area (Å²) in [5.41, 5.74) is 3.57. The third-order valence-electron chi connectivity index (χ3n) is 4.43. The summed E-state index contributed by atoms with van der Waals surface area (Å²) in [6, 6.07) is 10.3. The molecule has 0 saturated heterocycles. The van der Waals surface area contributed by atoms with Crippen molar-refractivity contribution in [2.45, 2.75) is 12.4 Å². The van der Waals surface area contributed by atoms with E-state index in [2.05, 4.69) is 0 Å². The van der Waals surface area contributed by atoms with Crippen LogP contribution < -0.4 is 5.73 Å². The molecule has 3 N–H and O–H groups in total. The lowest BCUT2D eigenvalue weighted by Crippen LogP contribution is -2.06. The third-order valence-corrected chi connectivity index (χ3v) is 4.43. The van der Waals surface area contributed by atoms with Gasteiger partial charge in [-0.1, -0.05) is 24.3 Å². The van der Waals surface area contributed by atoms with Crippen LogP contribution in [0.25, 0.3) is 22.3 Å². The molecule has 156 valence electrons. The first kappa shape index (κ1) is 21.2. The van der Waals surface area contributed by atoms with Crippen LogP contribution in [-0.2, 0) is 12.4 Å². The predicted molar refractivity (Wildman–Crippen MR) is 98.7 cm³/mol. The van der Waals surface area contributed by atoms with Crippen LogP contribution in [0.4, 0.5) is 32.0 Å². The summed E-state index contributed by atoms with van der Waals surface area (Å²) < 4.78 is 78.4. The Kier molecular flexibility index (Phi) is 5.23. The first-order chi connectivity index (χ1) is 13.9. The van der Waals surface area contributed by atoms with Crippen molar-refractivity contribution < 1.29 is 36.2 Å². The van der Waals surface area contributed by atoms with Crippen LogP contribution in [0, 0.1) is 0 Å². The first-order valence-corrected chi connectivity index (χ1v) is 8.40. The largest absolute Gasteiger partial charge is 0.478 e. The molecule has 0 atom stereocenters. The molecule has 3 rings (SSSR count). The molecule has 0 saturated carbocycles. The highest BCUT2D eigenvalue weighted by molar-refractivity contribution is 5.97. The molecule has 0 aliphatic heterocycles. The second-order valence-electron chi connectivity index (χ2n) is 6.45. The fraction of sp³-hybridized carbons (Fsp3) is 0.0952. The fourth-order valence-corrected chi connectivity index (χ4v) is 2.98. The predicted octanol–water partition coefficient (Wildman–Crippen LogP) is 6.34. The zero-order chi connectivity index (χ0) is 22.3. The van der Waals surface area contributed by atoms with Crippen molar-refractivity contribution in [3.05, 3.63) is 77.4 Å². The van der Waals surface area contributed by atoms with Crippen LogP contribution in [0.2, 0.25) is 0 Å². The molecule has 0 bridgehead atoms. The molecule has 3 aromatic carbocycles. The highest BCUT2D eigenvalue weighted by Gasteiger charge is 2.32. The van der Waals surface area contributed by atoms with Gasteiger partial charge in [-0.15, -0.1) is 0 Å². The molecule has 0 spiro atoms. The Morgan fingerprint density at radius 2 is 1.13 bits per heavy atom. The van der Waals surface area contributed by atoms with E-state index in [-0.39, 0.29) is 33.5 Å². The topological polar surface area (TPSA) is 63.3 Å². The van der Waals surface area contributed by atoms with Crippen molar-refractivity contribution in [2.24, 2.45) is 0 Å². The molecule has 0 aliphatic rings. The van der Waals surface area contributed by atoms with E-state index in [1.165, 1.54) is 12.1 Å². The standard InChI is InChI=1S/C21H13F6NO2/c22-20(23,24)14-5-1-3-11(7-14)16-9-13(19(29)30)10-17(18(16)28)12-4-2-6-15(8-12)21(25,26)27/h1-10H,28H2,(H,29,30). The van der Waals surface area contributed by atoms with Crippen LogP contribution >= 0.6 is 0 Å². The maximum Gasteiger partial charge on any atom is 0.416 e. The number of carbonyl (C=O) groups is 1. The Morgan fingerprint density at radius 1 is 0.733 bits per heavy atom. The number of aromatic carboxylic acids is 1. The van der Waals surface area contributed by atoms with Gasteiger partial charge in [-0.3, -0.25) is 0 Å². The number of hydrogen-bond acceptors (Lipinski definition) is 2. The summed E-state index contributed by atoms with van der Waals surface area (Å²) in [6.07, 6.45) is -9.28. The summed E-state index contributed by atoms with van der Waals surface area (Å²) in [6.45, 7) is 0. The lowest BCUT2D eigenvalue weighted by Gasteiger charge is -2.16. The summed E-state index contributed by atoms with van der Waals surface area (Å²) in [5, 5.41) is 9.39. The molecular weight excluding hydrogens is 412 g/mol. The third kappa shape index (κ3) is 4.24. The molecule has 0 fully saturated rings. The van der Waals surface area contributed by atoms with E-state index in [0.29, 0.717) is 0 Å². The smallest absolute Gasteiger partial charge is 0.416 e. The van der Waals surface area contributed by atoms with E-state index in [9.17, 15) is 36.2 Å². The molecule has 3 nitrogen and oxygen atoms in total. The highest BCUT2D eigenvalue weighted by Crippen LogP contribution is 2.40. The molecule has 3 aromatic rings. The summed E-state index contributed by atoms with van der Waals surface area (Å²) in [5.74, 6) is -1.41. The molecule has 0 aromatic heterocycles. The number of halogens is 6. The monoisotopic (exact) mass is 425 g/mol. The van der Waals surface area contributed by atoms with Gasteiger partial charge >= 0.3 is 18.3 Å². The normalized spacial score (nSPS) is 12.1. The molecule has 0 radical (unpaired) electrons. The Labute approximate surface area is 166 Å². The number of alkyl halides is 6. The number of benzene rings is 3. The van der Waals surface area contributed by atoms with Crippen molar-refractivity contribution in [2.75, 3.05) is 5.73 Å². The molecule has 0 unspecified atom stereocenters. The highest BCUT2D eigenvalue weighted by atomic mass is 19.4. The minimum Gasteiger partial charge on any atom is -0.478 e. The van der Waals surface area contributed by atoms with E-state index < -0.39 is 29.4 Å². The van der Waals surface area contributed by atoms with E-state index in [0.717, 1.165) is 48.5 Å². The fourth-order valence-electron chi connectivity index (χ4n) is 2.98. The minimum absolute atomic E-state index is 0.0151. The Balaban J connectivity index is 2.26. The number of carboxylic acid groups (broad SMARTS) is 1. The van der Waals surface area contributed by atoms with Crippen molar-refractivity contribution >= 4 is 11.7 Å². The quantitative estimate of drug-likeness (QED) is 0.380. The van der Waals surface area contributed by atoms with Crippen LogP contribution in [-0.4, -0.2) is 11.1 Å². The SMILES string of the molecule is Nc1c(-c2cccc(C(F)(F)F)c2)cc(C(=O)O)cc1-c1cccc(C(F)(F)F)c1. The van der Waals surface area contributed by atoms with E-state index in [1.807, 2.05) is 0 Å². The number of carboxylic acids is 1. The molecule has 30 heavy (non-hydrogen) atoms. The Bertz CT molecular complexity index is 1040. The van der Waals surface area contributed by atoms with Gasteiger partial charge in [-0.05, 0) is 47.5 Å². The van der Waals surface area contributed by atoms with Gasteiger partial charge in [-0.25, -0.2) is 4.79 Å². The molecule has 0 aliphatic carbocycles. The minimum atomic E-state index is -4.64. The van der Waals surface area contributed by atoms with E-state index in [4.69, 9.17) is 5.73 Å². The van der Waals surface area contributed by atoms with Gasteiger partial charge in [0.25, 0.3) is 0 Å². The van der Waals surface area contributed by atoms with Gasteiger partial charge in [0, 0.05) is 16.8 Å². The average Bonchev–Trinajstić information content (AvgIpc) is 2.67. The second-order valence-corrected chi connectivity index (χ2v) is 6.45. The molecule has 0 amide bonds. The van der Waals surface area contributed by atoms with Crippen LogP contribution in [0.5, 0.6) is 0 Å². The van der Waals surface area contributed by atoms with Crippen LogP contribution in [0.3, 0.4) is 0 Å². The number of rotatable bonds is 3. The molecular formula is C21H13F6NO2. The van der Waals surface area contributed by atoms with Crippen LogP contribution in [0.15, 0.2) is 60.7 Å². The van der Waals surface area contributed by atoms with Gasteiger partial charge in [-0.2, -0.15) is 26.3 Å². The number of nitrogen functional groups attached to an aromatic ring is 1. The molecule has 0 heterocycles. The summed E-state index contributed by atoms with van der Waals surface area (Å²) >= 11 is 0. The zero-order valence-electron chi connectivity index (χ0n) is 15.0. The maximum absolute atomic E-state index is 13.1. The van der Waals surface area contributed by atoms with E-state index in [1.54, 1.807) is 0 Å². The Hall–Kier alpha value is -3.49. The average molecular weight is 425 g/mol. The van der Waals surface area contributed by atoms with Gasteiger partial charge in [0.05, 0.1) is 16.7 Å². The number of anilines is 1. The summed E-state index contributed by atoms with van der Waals surface area (Å²) in [4.78, 5) is 11.5. The van der Waals surface area contributed by atoms with Gasteiger partial charge in [0.2, 0.25) is 0 Å². The second kappa shape index (κ2) is 7.40. The molecule has 9 heteroatoms. The lowest BCUT2D eigenvalue weighted by atomic mass is 9.92. The number of hydrogen-bond donors (Lipinski definition) is 2.